The third-order valence-corrected chi connectivity index (χ3v) is 13.6. The van der Waals surface area contributed by atoms with E-state index >= 15 is 0 Å². The number of hydrogen-bond acceptors (Lipinski definition) is 8. The van der Waals surface area contributed by atoms with E-state index in [1.807, 2.05) is 32.0 Å². The zero-order chi connectivity index (χ0) is 40.9. The molecule has 2 aliphatic heterocycles. The van der Waals surface area contributed by atoms with Gasteiger partial charge in [-0.2, -0.15) is 0 Å². The number of benzene rings is 3. The van der Waals surface area contributed by atoms with Gasteiger partial charge in [0.15, 0.2) is 0 Å². The van der Waals surface area contributed by atoms with E-state index in [0.29, 0.717) is 36.7 Å². The van der Waals surface area contributed by atoms with Crippen molar-refractivity contribution in [1.82, 2.24) is 40.4 Å². The molecule has 14 nitrogen and oxygen atoms in total. The lowest BCUT2D eigenvalue weighted by molar-refractivity contribution is -0.135. The second-order valence-corrected chi connectivity index (χ2v) is 17.3. The van der Waals surface area contributed by atoms with Crippen molar-refractivity contribution in [3.63, 3.8) is 0 Å². The molecule has 0 saturated carbocycles. The second kappa shape index (κ2) is 15.5. The number of H-pyrrole nitrogens is 2. The molecule has 9 rings (SSSR count). The first-order valence-electron chi connectivity index (χ1n) is 19.7. The Morgan fingerprint density at radius 3 is 1.71 bits per heavy atom. The predicted molar refractivity (Wildman–Crippen MR) is 227 cm³/mol. The molecule has 4 atom stereocenters. The number of rotatable bonds is 10. The minimum absolute atomic E-state index is 0.197. The Kier molecular flexibility index (Phi) is 10.0. The molecule has 6 N–H and O–H groups in total. The number of aromatic nitrogens is 4. The number of thiophene rings is 2. The predicted octanol–water partition coefficient (Wildman–Crippen LogP) is 8.68. The summed E-state index contributed by atoms with van der Waals surface area (Å²) >= 11 is 3.39. The van der Waals surface area contributed by atoms with Gasteiger partial charge in [0, 0.05) is 35.0 Å². The van der Waals surface area contributed by atoms with Gasteiger partial charge in [-0.3, -0.25) is 9.59 Å². The lowest BCUT2D eigenvalue weighted by Crippen LogP contribution is -2.50. The van der Waals surface area contributed by atoms with Gasteiger partial charge in [-0.15, -0.1) is 22.7 Å². The molecule has 4 amide bonds. The van der Waals surface area contributed by atoms with E-state index in [9.17, 15) is 29.4 Å². The summed E-state index contributed by atoms with van der Waals surface area (Å²) in [5.41, 5.74) is 8.25. The fraction of sp³-hybridized carbons (Fsp3) is 0.302. The highest BCUT2D eigenvalue weighted by atomic mass is 32.1. The van der Waals surface area contributed by atoms with Gasteiger partial charge >= 0.3 is 12.2 Å². The lowest BCUT2D eigenvalue weighted by atomic mass is 10.0. The Balaban J connectivity index is 0.957. The summed E-state index contributed by atoms with van der Waals surface area (Å²) in [4.78, 5) is 70.8. The highest BCUT2D eigenvalue weighted by molar-refractivity contribution is 7.27. The third-order valence-electron chi connectivity index (χ3n) is 11.5. The first-order chi connectivity index (χ1) is 28.5. The largest absolute Gasteiger partial charge is 0.465 e. The Bertz CT molecular complexity index is 2740. The number of fused-ring (bicyclic) bond motifs is 3. The first-order valence-corrected chi connectivity index (χ1v) is 21.4. The fourth-order valence-electron chi connectivity index (χ4n) is 8.61. The fourth-order valence-corrected chi connectivity index (χ4v) is 11.1. The number of aromatic amines is 2. The number of carboxylic acid groups (broad SMARTS) is 2. The Labute approximate surface area is 346 Å². The summed E-state index contributed by atoms with van der Waals surface area (Å²) in [5, 5.41) is 28.1. The average Bonchev–Trinajstić information content (AvgIpc) is 4.07. The monoisotopic (exact) mass is 830 g/mol. The van der Waals surface area contributed by atoms with E-state index in [1.54, 1.807) is 56.7 Å². The number of imidazole rings is 2. The van der Waals surface area contributed by atoms with Crippen LogP contribution in [0.2, 0.25) is 0 Å². The van der Waals surface area contributed by atoms with Gasteiger partial charge in [-0.1, -0.05) is 56.3 Å². The summed E-state index contributed by atoms with van der Waals surface area (Å²) in [6.07, 6.45) is 0.569. The molecule has 7 aromatic rings. The Hall–Kier alpha value is -6.26. The van der Waals surface area contributed by atoms with Crippen molar-refractivity contribution in [2.75, 3.05) is 13.1 Å². The smallest absolute Gasteiger partial charge is 0.405 e. The average molecular weight is 831 g/mol. The number of likely N-dealkylation sites (tertiary alicyclic amines) is 2. The standard InChI is InChI=1S/C43H42N8O6S2/c1-22(2)34(48-42(54)55)40(52)50-16-6-10-32(50)38-44-28-14-12-24(18-30(28)46-38)26-20-58-37-27(21-59-36(26)37)25-13-15-29-31(19-25)47-39(45-29)33-11-7-17-51(33)41(53)35(49-43(56)57)23-8-4-3-5-9-23/h3-5,8-9,12-15,18-22,32-35,48-49H,6-7,10-11,16-17H2,1-2H3,(H,44,46)(H,45,47)(H,54,55)(H,56,57)/t32?,33?,34-,35-/m1/s1. The molecule has 16 heteroatoms. The van der Waals surface area contributed by atoms with Crippen LogP contribution >= 0.6 is 22.7 Å². The lowest BCUT2D eigenvalue weighted by Gasteiger charge is -2.29. The number of nitrogens with zero attached hydrogens (tertiary/aromatic N) is 4. The first kappa shape index (κ1) is 38.3. The summed E-state index contributed by atoms with van der Waals surface area (Å²) in [5.74, 6) is 0.647. The van der Waals surface area contributed by atoms with Crippen LogP contribution in [-0.2, 0) is 9.59 Å². The molecular weight excluding hydrogens is 789 g/mol. The molecule has 2 unspecified atom stereocenters. The van der Waals surface area contributed by atoms with Crippen molar-refractivity contribution in [3.05, 3.63) is 94.7 Å². The van der Waals surface area contributed by atoms with Gasteiger partial charge in [0.25, 0.3) is 5.91 Å². The third kappa shape index (κ3) is 7.16. The number of carbonyl (C=O) groups is 4. The Morgan fingerprint density at radius 2 is 1.22 bits per heavy atom. The number of carbonyl (C=O) groups excluding carboxylic acids is 2. The molecule has 2 aliphatic rings. The molecule has 6 heterocycles. The van der Waals surface area contributed by atoms with E-state index in [2.05, 4.69) is 55.6 Å². The van der Waals surface area contributed by atoms with Crippen LogP contribution in [0, 0.1) is 5.92 Å². The van der Waals surface area contributed by atoms with Crippen molar-refractivity contribution < 1.29 is 29.4 Å². The maximum Gasteiger partial charge on any atom is 0.405 e. The Morgan fingerprint density at radius 1 is 0.712 bits per heavy atom. The molecule has 2 fully saturated rings. The summed E-state index contributed by atoms with van der Waals surface area (Å²) in [7, 11) is 0. The number of amides is 4. The van der Waals surface area contributed by atoms with Crippen molar-refractivity contribution in [3.8, 4) is 22.3 Å². The van der Waals surface area contributed by atoms with E-state index in [4.69, 9.17) is 9.97 Å². The number of nitrogens with one attached hydrogen (secondary N) is 4. The normalized spacial score (nSPS) is 17.9. The molecular formula is C43H42N8O6S2. The van der Waals surface area contributed by atoms with Crippen molar-refractivity contribution in [2.24, 2.45) is 5.92 Å². The van der Waals surface area contributed by atoms with Crippen LogP contribution in [0.25, 0.3) is 53.7 Å². The maximum atomic E-state index is 13.9. The minimum Gasteiger partial charge on any atom is -0.465 e. The van der Waals surface area contributed by atoms with Gasteiger partial charge in [-0.25, -0.2) is 19.6 Å². The van der Waals surface area contributed by atoms with Crippen LogP contribution in [0.1, 0.15) is 74.9 Å². The molecule has 0 radical (unpaired) electrons. The van der Waals surface area contributed by atoms with Crippen LogP contribution in [-0.4, -0.2) is 83.1 Å². The van der Waals surface area contributed by atoms with Gasteiger partial charge in [0.1, 0.15) is 23.7 Å². The molecule has 302 valence electrons. The van der Waals surface area contributed by atoms with Crippen LogP contribution in [0.4, 0.5) is 9.59 Å². The van der Waals surface area contributed by atoms with Gasteiger partial charge < -0.3 is 40.6 Å². The quantitative estimate of drug-likeness (QED) is 0.0787. The maximum absolute atomic E-state index is 13.9. The second-order valence-electron chi connectivity index (χ2n) is 15.5. The highest BCUT2D eigenvalue weighted by Gasteiger charge is 2.39. The molecule has 0 bridgehead atoms. The van der Waals surface area contributed by atoms with Gasteiger partial charge in [-0.05, 0) is 72.6 Å². The number of hydrogen-bond donors (Lipinski definition) is 6. The van der Waals surface area contributed by atoms with E-state index in [-0.39, 0.29) is 29.8 Å². The van der Waals surface area contributed by atoms with Crippen molar-refractivity contribution >= 4 is 78.1 Å². The molecule has 59 heavy (non-hydrogen) atoms. The van der Waals surface area contributed by atoms with Crippen LogP contribution in [0.15, 0.2) is 77.5 Å². The summed E-state index contributed by atoms with van der Waals surface area (Å²) in [6.45, 7) is 4.72. The van der Waals surface area contributed by atoms with Crippen LogP contribution < -0.4 is 10.6 Å². The topological polar surface area (TPSA) is 197 Å². The summed E-state index contributed by atoms with van der Waals surface area (Å²) in [6, 6.07) is 18.8. The minimum atomic E-state index is -1.26. The molecule has 0 aliphatic carbocycles. The van der Waals surface area contributed by atoms with E-state index in [0.717, 1.165) is 63.6 Å². The van der Waals surface area contributed by atoms with Crippen molar-refractivity contribution in [1.29, 1.82) is 0 Å². The van der Waals surface area contributed by atoms with Crippen LogP contribution in [0.5, 0.6) is 0 Å². The molecule has 3 aromatic carbocycles. The molecule has 2 saturated heterocycles. The molecule has 4 aromatic heterocycles. The SMILES string of the molecule is CC(C)[C@@H](NC(=O)O)C(=O)N1CCCC1c1nc2ccc(-c3csc4c(-c5ccc6nc(C7CCCN7C(=O)[C@H](NC(=O)O)c7ccccc7)[nH]c6c5)csc34)cc2[nH]1. The molecule has 0 spiro atoms. The summed E-state index contributed by atoms with van der Waals surface area (Å²) < 4.78 is 2.35. The zero-order valence-corrected chi connectivity index (χ0v) is 33.9. The zero-order valence-electron chi connectivity index (χ0n) is 32.3. The van der Waals surface area contributed by atoms with E-state index in [1.165, 1.54) is 9.40 Å². The van der Waals surface area contributed by atoms with E-state index < -0.39 is 24.3 Å². The van der Waals surface area contributed by atoms with Crippen molar-refractivity contribution in [2.45, 2.75) is 63.7 Å². The van der Waals surface area contributed by atoms with Gasteiger partial charge in [0.05, 0.1) is 43.6 Å². The van der Waals surface area contributed by atoms with Gasteiger partial charge in [0.2, 0.25) is 5.91 Å². The van der Waals surface area contributed by atoms with Crippen LogP contribution in [0.3, 0.4) is 0 Å². The highest BCUT2D eigenvalue weighted by Crippen LogP contribution is 2.45.